The van der Waals surface area contributed by atoms with Crippen molar-refractivity contribution in [3.05, 3.63) is 84.0 Å². The minimum absolute atomic E-state index is 0.433. The minimum Gasteiger partial charge on any atom is -0.494 e. The summed E-state index contributed by atoms with van der Waals surface area (Å²) in [4.78, 5) is 8.72. The molecule has 0 amide bonds. The van der Waals surface area contributed by atoms with E-state index in [2.05, 4.69) is 25.3 Å². The zero-order valence-corrected chi connectivity index (χ0v) is 19.7. The van der Waals surface area contributed by atoms with Crippen molar-refractivity contribution in [1.29, 1.82) is 0 Å². The normalized spacial score (nSPS) is 11.0. The maximum absolute atomic E-state index is 5.96. The van der Waals surface area contributed by atoms with Gasteiger partial charge < -0.3 is 9.26 Å². The standard InChI is InChI=1S/C24H19ClN6O2S/c1-2-32-20-11-9-19(10-12-20)31-23(17-4-3-13-26-14-17)28-29-24(31)34-15-21-27-22(30-33-21)16-5-7-18(25)8-6-16/h3-14H,2,15H2,1H3. The van der Waals surface area contributed by atoms with Crippen LogP contribution in [0.25, 0.3) is 28.5 Å². The molecule has 0 aliphatic rings. The van der Waals surface area contributed by atoms with E-state index in [9.17, 15) is 0 Å². The van der Waals surface area contributed by atoms with E-state index in [-0.39, 0.29) is 0 Å². The van der Waals surface area contributed by atoms with Gasteiger partial charge in [-0.1, -0.05) is 28.5 Å². The third-order valence-corrected chi connectivity index (χ3v) is 6.02. The fourth-order valence-electron chi connectivity index (χ4n) is 3.29. The molecule has 0 unspecified atom stereocenters. The van der Waals surface area contributed by atoms with Crippen LogP contribution in [0.4, 0.5) is 0 Å². The zero-order valence-electron chi connectivity index (χ0n) is 18.1. The Morgan fingerprint density at radius 3 is 2.56 bits per heavy atom. The van der Waals surface area contributed by atoms with E-state index in [1.807, 2.05) is 60.0 Å². The number of nitrogens with zero attached hydrogens (tertiary/aromatic N) is 6. The van der Waals surface area contributed by atoms with Crippen molar-refractivity contribution in [1.82, 2.24) is 29.9 Å². The van der Waals surface area contributed by atoms with Gasteiger partial charge in [0, 0.05) is 34.2 Å². The maximum Gasteiger partial charge on any atom is 0.237 e. The predicted octanol–water partition coefficient (Wildman–Crippen LogP) is 5.72. The molecule has 5 rings (SSSR count). The summed E-state index contributed by atoms with van der Waals surface area (Å²) in [6.45, 7) is 2.56. The summed E-state index contributed by atoms with van der Waals surface area (Å²) in [6, 6.07) is 18.9. The largest absolute Gasteiger partial charge is 0.494 e. The van der Waals surface area contributed by atoms with E-state index < -0.39 is 0 Å². The predicted molar refractivity (Wildman–Crippen MR) is 130 cm³/mol. The highest BCUT2D eigenvalue weighted by molar-refractivity contribution is 7.98. The highest BCUT2D eigenvalue weighted by Crippen LogP contribution is 2.30. The number of ether oxygens (including phenoxy) is 1. The first-order valence-electron chi connectivity index (χ1n) is 10.5. The van der Waals surface area contributed by atoms with Gasteiger partial charge in [-0.3, -0.25) is 9.55 Å². The molecule has 34 heavy (non-hydrogen) atoms. The van der Waals surface area contributed by atoms with Crippen LogP contribution in [0.1, 0.15) is 12.8 Å². The third-order valence-electron chi connectivity index (χ3n) is 4.85. The van der Waals surface area contributed by atoms with Crippen molar-refractivity contribution in [2.24, 2.45) is 0 Å². The first kappa shape index (κ1) is 22.1. The number of rotatable bonds is 8. The zero-order chi connectivity index (χ0) is 23.3. The molecule has 3 heterocycles. The maximum atomic E-state index is 5.96. The molecule has 0 atom stereocenters. The summed E-state index contributed by atoms with van der Waals surface area (Å²) in [5, 5.41) is 14.3. The van der Waals surface area contributed by atoms with Gasteiger partial charge in [-0.05, 0) is 67.6 Å². The average Bonchev–Trinajstić information content (AvgIpc) is 3.52. The molecule has 0 bridgehead atoms. The summed E-state index contributed by atoms with van der Waals surface area (Å²) in [5.74, 6) is 2.92. The second-order valence-corrected chi connectivity index (χ2v) is 8.50. The molecule has 170 valence electrons. The van der Waals surface area contributed by atoms with Crippen LogP contribution in [-0.4, -0.2) is 36.5 Å². The Morgan fingerprint density at radius 1 is 1.00 bits per heavy atom. The quantitative estimate of drug-likeness (QED) is 0.255. The van der Waals surface area contributed by atoms with Gasteiger partial charge in [0.15, 0.2) is 11.0 Å². The first-order valence-corrected chi connectivity index (χ1v) is 11.9. The second-order valence-electron chi connectivity index (χ2n) is 7.12. The molecular weight excluding hydrogens is 472 g/mol. The summed E-state index contributed by atoms with van der Waals surface area (Å²) < 4.78 is 13.0. The van der Waals surface area contributed by atoms with Crippen LogP contribution in [0.15, 0.2) is 82.7 Å². The van der Waals surface area contributed by atoms with Gasteiger partial charge >= 0.3 is 0 Å². The van der Waals surface area contributed by atoms with Crippen molar-refractivity contribution in [2.75, 3.05) is 6.61 Å². The Kier molecular flexibility index (Phi) is 6.55. The highest BCUT2D eigenvalue weighted by Gasteiger charge is 2.18. The number of hydrogen-bond acceptors (Lipinski definition) is 8. The van der Waals surface area contributed by atoms with Gasteiger partial charge in [0.05, 0.1) is 12.4 Å². The van der Waals surface area contributed by atoms with Crippen LogP contribution in [0.2, 0.25) is 5.02 Å². The summed E-state index contributed by atoms with van der Waals surface area (Å²) in [7, 11) is 0. The molecule has 0 spiro atoms. The number of benzene rings is 2. The number of hydrogen-bond donors (Lipinski definition) is 0. The lowest BCUT2D eigenvalue weighted by atomic mass is 10.2. The molecule has 3 aromatic heterocycles. The third kappa shape index (κ3) is 4.80. The number of thioether (sulfide) groups is 1. The highest BCUT2D eigenvalue weighted by atomic mass is 35.5. The van der Waals surface area contributed by atoms with E-state index in [1.54, 1.807) is 24.5 Å². The van der Waals surface area contributed by atoms with Crippen LogP contribution in [0, 0.1) is 0 Å². The Morgan fingerprint density at radius 2 is 1.82 bits per heavy atom. The van der Waals surface area contributed by atoms with Crippen LogP contribution < -0.4 is 4.74 Å². The molecule has 10 heteroatoms. The van der Waals surface area contributed by atoms with Crippen molar-refractivity contribution in [3.63, 3.8) is 0 Å². The Bertz CT molecular complexity index is 1370. The Balaban J connectivity index is 1.42. The van der Waals surface area contributed by atoms with E-state index in [4.69, 9.17) is 20.9 Å². The lowest BCUT2D eigenvalue weighted by Crippen LogP contribution is -2.00. The molecule has 0 aliphatic heterocycles. The molecule has 0 fully saturated rings. The van der Waals surface area contributed by atoms with E-state index in [0.717, 1.165) is 22.6 Å². The molecule has 2 aromatic carbocycles. The van der Waals surface area contributed by atoms with Crippen molar-refractivity contribution in [2.45, 2.75) is 17.8 Å². The SMILES string of the molecule is CCOc1ccc(-n2c(SCc3nc(-c4ccc(Cl)cc4)no3)nnc2-c2cccnc2)cc1. The number of pyridine rings is 1. The van der Waals surface area contributed by atoms with E-state index in [0.29, 0.717) is 40.1 Å². The summed E-state index contributed by atoms with van der Waals surface area (Å²) in [5.41, 5.74) is 2.60. The lowest BCUT2D eigenvalue weighted by molar-refractivity contribution is 0.340. The van der Waals surface area contributed by atoms with Gasteiger partial charge in [0.1, 0.15) is 5.75 Å². The molecule has 0 saturated heterocycles. The van der Waals surface area contributed by atoms with E-state index >= 15 is 0 Å². The molecule has 8 nitrogen and oxygen atoms in total. The number of aromatic nitrogens is 6. The fourth-order valence-corrected chi connectivity index (χ4v) is 4.21. The van der Waals surface area contributed by atoms with Crippen LogP contribution >= 0.6 is 23.4 Å². The van der Waals surface area contributed by atoms with Gasteiger partial charge in [0.25, 0.3) is 0 Å². The van der Waals surface area contributed by atoms with E-state index in [1.165, 1.54) is 11.8 Å². The Hall–Kier alpha value is -3.69. The summed E-state index contributed by atoms with van der Waals surface area (Å²) in [6.07, 6.45) is 3.49. The number of halogens is 1. The van der Waals surface area contributed by atoms with Crippen molar-refractivity contribution >= 4 is 23.4 Å². The fraction of sp³-hybridized carbons (Fsp3) is 0.125. The van der Waals surface area contributed by atoms with Gasteiger partial charge in [-0.2, -0.15) is 4.98 Å². The second kappa shape index (κ2) is 10.1. The van der Waals surface area contributed by atoms with Crippen molar-refractivity contribution in [3.8, 4) is 34.2 Å². The van der Waals surface area contributed by atoms with Gasteiger partial charge in [0.2, 0.25) is 11.7 Å². The first-order chi connectivity index (χ1) is 16.7. The average molecular weight is 491 g/mol. The molecule has 0 radical (unpaired) electrons. The minimum atomic E-state index is 0.433. The van der Waals surface area contributed by atoms with Crippen LogP contribution in [0.5, 0.6) is 5.75 Å². The lowest BCUT2D eigenvalue weighted by Gasteiger charge is -2.11. The molecule has 0 saturated carbocycles. The molecule has 0 N–H and O–H groups in total. The smallest absolute Gasteiger partial charge is 0.237 e. The van der Waals surface area contributed by atoms with Crippen molar-refractivity contribution < 1.29 is 9.26 Å². The molecular formula is C24H19ClN6O2S. The van der Waals surface area contributed by atoms with Crippen LogP contribution in [0.3, 0.4) is 0 Å². The Labute approximate surface area is 205 Å². The topological polar surface area (TPSA) is 91.8 Å². The van der Waals surface area contributed by atoms with Gasteiger partial charge in [-0.25, -0.2) is 0 Å². The molecule has 0 aliphatic carbocycles. The van der Waals surface area contributed by atoms with Gasteiger partial charge in [-0.15, -0.1) is 10.2 Å². The monoisotopic (exact) mass is 490 g/mol. The molecule has 5 aromatic rings. The summed E-state index contributed by atoms with van der Waals surface area (Å²) >= 11 is 7.42. The van der Waals surface area contributed by atoms with Crippen LogP contribution in [-0.2, 0) is 5.75 Å².